The van der Waals surface area contributed by atoms with Crippen molar-refractivity contribution in [2.24, 2.45) is 0 Å². The molecule has 0 aliphatic carbocycles. The van der Waals surface area contributed by atoms with E-state index in [1.807, 2.05) is 12.1 Å². The van der Waals surface area contributed by atoms with Gasteiger partial charge in [0.05, 0.1) is 20.6 Å². The molecule has 3 amide bonds. The Labute approximate surface area is 193 Å². The van der Waals surface area contributed by atoms with Crippen molar-refractivity contribution in [3.8, 4) is 11.5 Å². The van der Waals surface area contributed by atoms with E-state index >= 15 is 0 Å². The van der Waals surface area contributed by atoms with Crippen molar-refractivity contribution < 1.29 is 28.6 Å². The minimum atomic E-state index is -0.663. The summed E-state index contributed by atoms with van der Waals surface area (Å²) in [4.78, 5) is 36.1. The Morgan fingerprint density at radius 1 is 0.848 bits per heavy atom. The van der Waals surface area contributed by atoms with Gasteiger partial charge >= 0.3 is 6.09 Å². The molecule has 2 aromatic carbocycles. The van der Waals surface area contributed by atoms with Gasteiger partial charge in [-0.05, 0) is 56.2 Å². The fraction of sp³-hybridized carbons (Fsp3) is 0.375. The number of amides is 3. The summed E-state index contributed by atoms with van der Waals surface area (Å²) in [5.74, 6) is 0.614. The number of benzene rings is 2. The molecule has 0 unspecified atom stereocenters. The zero-order valence-electron chi connectivity index (χ0n) is 19.6. The highest BCUT2D eigenvalue weighted by molar-refractivity contribution is 5.93. The Bertz CT molecular complexity index is 984. The zero-order chi connectivity index (χ0) is 24.4. The van der Waals surface area contributed by atoms with Crippen LogP contribution in [0, 0.1) is 0 Å². The molecule has 0 saturated carbocycles. The van der Waals surface area contributed by atoms with Gasteiger partial charge in [0.2, 0.25) is 11.8 Å². The van der Waals surface area contributed by atoms with Gasteiger partial charge in [0.15, 0.2) is 11.5 Å². The lowest BCUT2D eigenvalue weighted by Crippen LogP contribution is -2.37. The lowest BCUT2D eigenvalue weighted by molar-refractivity contribution is -0.120. The zero-order valence-corrected chi connectivity index (χ0v) is 19.6. The topological polar surface area (TPSA) is 115 Å². The van der Waals surface area contributed by atoms with Gasteiger partial charge in [0.1, 0.15) is 12.1 Å². The van der Waals surface area contributed by atoms with E-state index in [9.17, 15) is 14.4 Å². The third-order valence-corrected chi connectivity index (χ3v) is 4.31. The SMILES string of the molecule is COc1ccc(CC(=O)NCc2cccc(NC(=O)CNC(=O)OC(C)(C)C)c2)cc1OC. The standard InChI is InChI=1S/C24H31N3O6/c1-24(2,3)33-23(30)26-15-22(29)27-18-8-6-7-17(11-18)14-25-21(28)13-16-9-10-19(31-4)20(12-16)32-5/h6-12H,13-15H2,1-5H3,(H,25,28)(H,26,30)(H,27,29). The van der Waals surface area contributed by atoms with Gasteiger partial charge in [0.25, 0.3) is 0 Å². The average molecular weight is 458 g/mol. The predicted octanol–water partition coefficient (Wildman–Crippen LogP) is 3.03. The highest BCUT2D eigenvalue weighted by Gasteiger charge is 2.16. The minimum Gasteiger partial charge on any atom is -0.493 e. The van der Waals surface area contributed by atoms with Gasteiger partial charge in [-0.1, -0.05) is 18.2 Å². The van der Waals surface area contributed by atoms with Gasteiger partial charge in [-0.3, -0.25) is 9.59 Å². The van der Waals surface area contributed by atoms with Crippen molar-refractivity contribution in [3.63, 3.8) is 0 Å². The second-order valence-corrected chi connectivity index (χ2v) is 8.25. The van der Waals surface area contributed by atoms with Crippen molar-refractivity contribution in [2.75, 3.05) is 26.1 Å². The molecule has 0 aromatic heterocycles. The highest BCUT2D eigenvalue weighted by Crippen LogP contribution is 2.27. The molecule has 0 fully saturated rings. The van der Waals surface area contributed by atoms with Gasteiger partial charge in [-0.25, -0.2) is 4.79 Å². The Morgan fingerprint density at radius 3 is 2.24 bits per heavy atom. The molecule has 3 N–H and O–H groups in total. The Balaban J connectivity index is 1.84. The van der Waals surface area contributed by atoms with Crippen LogP contribution in [0.4, 0.5) is 10.5 Å². The molecule has 0 radical (unpaired) electrons. The van der Waals surface area contributed by atoms with Crippen LogP contribution in [0.2, 0.25) is 0 Å². The van der Waals surface area contributed by atoms with E-state index in [0.717, 1.165) is 11.1 Å². The van der Waals surface area contributed by atoms with E-state index in [1.54, 1.807) is 65.3 Å². The number of hydrogen-bond acceptors (Lipinski definition) is 6. The van der Waals surface area contributed by atoms with Crippen LogP contribution >= 0.6 is 0 Å². The molecule has 178 valence electrons. The number of anilines is 1. The van der Waals surface area contributed by atoms with Gasteiger partial charge in [-0.2, -0.15) is 0 Å². The summed E-state index contributed by atoms with van der Waals surface area (Å²) in [5, 5.41) is 7.97. The second-order valence-electron chi connectivity index (χ2n) is 8.25. The van der Waals surface area contributed by atoms with Crippen LogP contribution in [0.5, 0.6) is 11.5 Å². The molecule has 0 spiro atoms. The molecule has 33 heavy (non-hydrogen) atoms. The van der Waals surface area contributed by atoms with E-state index < -0.39 is 17.6 Å². The molecule has 0 heterocycles. The summed E-state index contributed by atoms with van der Waals surface area (Å²) >= 11 is 0. The first kappa shape index (κ1) is 25.5. The van der Waals surface area contributed by atoms with E-state index in [1.165, 1.54) is 0 Å². The number of hydrogen-bond donors (Lipinski definition) is 3. The van der Waals surface area contributed by atoms with Crippen LogP contribution < -0.4 is 25.4 Å². The Kier molecular flexibility index (Phi) is 9.08. The number of carbonyl (C=O) groups is 3. The fourth-order valence-corrected chi connectivity index (χ4v) is 2.87. The van der Waals surface area contributed by atoms with Gasteiger partial charge < -0.3 is 30.2 Å². The Hall–Kier alpha value is -3.75. The van der Waals surface area contributed by atoms with Crippen LogP contribution in [0.3, 0.4) is 0 Å². The van der Waals surface area contributed by atoms with E-state index in [-0.39, 0.29) is 18.9 Å². The number of nitrogens with one attached hydrogen (secondary N) is 3. The largest absolute Gasteiger partial charge is 0.493 e. The van der Waals surface area contributed by atoms with Gasteiger partial charge in [0, 0.05) is 12.2 Å². The first-order valence-corrected chi connectivity index (χ1v) is 10.4. The number of alkyl carbamates (subject to hydrolysis) is 1. The Morgan fingerprint density at radius 2 is 1.58 bits per heavy atom. The lowest BCUT2D eigenvalue weighted by Gasteiger charge is -2.19. The second kappa shape index (κ2) is 11.8. The normalized spacial score (nSPS) is 10.7. The smallest absolute Gasteiger partial charge is 0.408 e. The summed E-state index contributed by atoms with van der Waals surface area (Å²) in [6, 6.07) is 12.4. The maximum atomic E-state index is 12.3. The first-order chi connectivity index (χ1) is 15.6. The molecule has 9 nitrogen and oxygen atoms in total. The summed E-state index contributed by atoms with van der Waals surface area (Å²) in [6.45, 7) is 5.30. The lowest BCUT2D eigenvalue weighted by atomic mass is 10.1. The van der Waals surface area contributed by atoms with Crippen molar-refractivity contribution in [1.82, 2.24) is 10.6 Å². The van der Waals surface area contributed by atoms with Crippen LogP contribution in [0.15, 0.2) is 42.5 Å². The van der Waals surface area contributed by atoms with Crippen LogP contribution in [-0.2, 0) is 27.3 Å². The monoisotopic (exact) mass is 457 g/mol. The minimum absolute atomic E-state index is 0.154. The third-order valence-electron chi connectivity index (χ3n) is 4.31. The molecule has 9 heteroatoms. The van der Waals surface area contributed by atoms with Crippen molar-refractivity contribution in [3.05, 3.63) is 53.6 Å². The summed E-state index contributed by atoms with van der Waals surface area (Å²) in [7, 11) is 3.10. The summed E-state index contributed by atoms with van der Waals surface area (Å²) < 4.78 is 15.6. The molecular weight excluding hydrogens is 426 g/mol. The van der Waals surface area contributed by atoms with Crippen LogP contribution in [-0.4, -0.2) is 44.3 Å². The predicted molar refractivity (Wildman–Crippen MR) is 124 cm³/mol. The number of ether oxygens (including phenoxy) is 3. The fourth-order valence-electron chi connectivity index (χ4n) is 2.87. The van der Waals surface area contributed by atoms with E-state index in [0.29, 0.717) is 23.7 Å². The van der Waals surface area contributed by atoms with E-state index in [2.05, 4.69) is 16.0 Å². The van der Waals surface area contributed by atoms with E-state index in [4.69, 9.17) is 14.2 Å². The van der Waals surface area contributed by atoms with Crippen molar-refractivity contribution in [2.45, 2.75) is 39.3 Å². The summed E-state index contributed by atoms with van der Waals surface area (Å²) in [5.41, 5.74) is 1.52. The van der Waals surface area contributed by atoms with Gasteiger partial charge in [-0.15, -0.1) is 0 Å². The molecule has 2 rings (SSSR count). The number of methoxy groups -OCH3 is 2. The van der Waals surface area contributed by atoms with Crippen LogP contribution in [0.25, 0.3) is 0 Å². The third kappa shape index (κ3) is 9.10. The van der Waals surface area contributed by atoms with Crippen molar-refractivity contribution in [1.29, 1.82) is 0 Å². The molecule has 2 aromatic rings. The quantitative estimate of drug-likeness (QED) is 0.533. The summed E-state index contributed by atoms with van der Waals surface area (Å²) in [6.07, 6.45) is -0.476. The maximum Gasteiger partial charge on any atom is 0.408 e. The number of rotatable bonds is 9. The molecule has 0 atom stereocenters. The van der Waals surface area contributed by atoms with Crippen LogP contribution in [0.1, 0.15) is 31.9 Å². The molecule has 0 aliphatic heterocycles. The molecule has 0 bridgehead atoms. The maximum absolute atomic E-state index is 12.3. The molecule has 0 saturated heterocycles. The van der Waals surface area contributed by atoms with Crippen molar-refractivity contribution >= 4 is 23.6 Å². The molecular formula is C24H31N3O6. The highest BCUT2D eigenvalue weighted by atomic mass is 16.6. The average Bonchev–Trinajstić information content (AvgIpc) is 2.75. The molecule has 0 aliphatic rings. The first-order valence-electron chi connectivity index (χ1n) is 10.4. The number of carbonyl (C=O) groups excluding carboxylic acids is 3.